The third-order valence-electron chi connectivity index (χ3n) is 2.79. The first-order chi connectivity index (χ1) is 7.42. The van der Waals surface area contributed by atoms with E-state index in [1.165, 1.54) is 0 Å². The molecule has 21 heavy (non-hydrogen) atoms. The maximum atomic E-state index is 5.88. The molecule has 1 aromatic carbocycles. The van der Waals surface area contributed by atoms with Gasteiger partial charge in [0.2, 0.25) is 0 Å². The molecule has 0 aromatic heterocycles. The molecule has 9 heteroatoms. The summed E-state index contributed by atoms with van der Waals surface area (Å²) >= 11 is 0. The van der Waals surface area contributed by atoms with Crippen LogP contribution in [-0.2, 0) is 0 Å². The SMILES string of the molecule is Cl.Cl.Cl.Cl.NC1(N)C=CC(c2ccccc2)=CC1(N)N.O. The van der Waals surface area contributed by atoms with Gasteiger partial charge in [-0.1, -0.05) is 36.4 Å². The fourth-order valence-electron chi connectivity index (χ4n) is 1.61. The number of nitrogens with two attached hydrogens (primary N) is 4. The number of hydrogen-bond donors (Lipinski definition) is 4. The highest BCUT2D eigenvalue weighted by Crippen LogP contribution is 2.25. The Labute approximate surface area is 149 Å². The highest BCUT2D eigenvalue weighted by atomic mass is 35.5. The third-order valence-corrected chi connectivity index (χ3v) is 2.79. The zero-order valence-electron chi connectivity index (χ0n) is 11.1. The summed E-state index contributed by atoms with van der Waals surface area (Å²) in [6.45, 7) is 0. The summed E-state index contributed by atoms with van der Waals surface area (Å²) in [7, 11) is 0. The van der Waals surface area contributed by atoms with Crippen molar-refractivity contribution in [2.45, 2.75) is 11.3 Å². The summed E-state index contributed by atoms with van der Waals surface area (Å²) < 4.78 is 0. The molecule has 0 heterocycles. The minimum Gasteiger partial charge on any atom is -0.412 e. The smallest absolute Gasteiger partial charge is 0.120 e. The Balaban J connectivity index is -0.000000289. The van der Waals surface area contributed by atoms with Crippen molar-refractivity contribution in [2.75, 3.05) is 0 Å². The van der Waals surface area contributed by atoms with Gasteiger partial charge in [0, 0.05) is 0 Å². The fourth-order valence-corrected chi connectivity index (χ4v) is 1.61. The largest absolute Gasteiger partial charge is 0.412 e. The van der Waals surface area contributed by atoms with Gasteiger partial charge in [0.05, 0.1) is 0 Å². The van der Waals surface area contributed by atoms with Gasteiger partial charge in [0.25, 0.3) is 0 Å². The van der Waals surface area contributed by atoms with Gasteiger partial charge in [0.1, 0.15) is 11.3 Å². The monoisotopic (exact) mass is 378 g/mol. The first kappa shape index (κ1) is 28.8. The molecule has 1 aliphatic rings. The molecule has 10 N–H and O–H groups in total. The molecule has 5 nitrogen and oxygen atoms in total. The molecule has 1 aromatic rings. The lowest BCUT2D eigenvalue weighted by atomic mass is 9.86. The third kappa shape index (κ3) is 6.12. The van der Waals surface area contributed by atoms with Crippen LogP contribution in [0.2, 0.25) is 0 Å². The van der Waals surface area contributed by atoms with Gasteiger partial charge in [0.15, 0.2) is 0 Å². The molecule has 0 saturated carbocycles. The second-order valence-corrected chi connectivity index (χ2v) is 4.17. The van der Waals surface area contributed by atoms with E-state index >= 15 is 0 Å². The fraction of sp³-hybridized carbons (Fsp3) is 0.167. The lowest BCUT2D eigenvalue weighted by molar-refractivity contribution is 0.349. The van der Waals surface area contributed by atoms with E-state index in [-0.39, 0.29) is 55.1 Å². The number of hydrogen-bond acceptors (Lipinski definition) is 4. The van der Waals surface area contributed by atoms with Crippen molar-refractivity contribution >= 4 is 55.2 Å². The van der Waals surface area contributed by atoms with Crippen LogP contribution >= 0.6 is 49.6 Å². The molecule has 0 spiro atoms. The molecule has 1 aliphatic carbocycles. The molecule has 0 bridgehead atoms. The molecule has 0 fully saturated rings. The Bertz CT molecular complexity index is 464. The zero-order valence-corrected chi connectivity index (χ0v) is 14.3. The van der Waals surface area contributed by atoms with E-state index in [1.54, 1.807) is 12.2 Å². The predicted octanol–water partition coefficient (Wildman–Crippen LogP) is 0.730. The van der Waals surface area contributed by atoms with Crippen molar-refractivity contribution in [3.63, 3.8) is 0 Å². The number of benzene rings is 1. The van der Waals surface area contributed by atoms with Crippen molar-refractivity contribution < 1.29 is 5.48 Å². The highest BCUT2D eigenvalue weighted by Gasteiger charge is 2.38. The van der Waals surface area contributed by atoms with Crippen molar-refractivity contribution in [3.8, 4) is 0 Å². The quantitative estimate of drug-likeness (QED) is 0.534. The van der Waals surface area contributed by atoms with Gasteiger partial charge in [-0.05, 0) is 23.3 Å². The average Bonchev–Trinajstić information content (AvgIpc) is 2.23. The first-order valence-corrected chi connectivity index (χ1v) is 5.05. The van der Waals surface area contributed by atoms with Crippen LogP contribution in [0, 0.1) is 0 Å². The summed E-state index contributed by atoms with van der Waals surface area (Å²) in [6.07, 6.45) is 5.17. The normalized spacial score (nSPS) is 16.5. The Kier molecular flexibility index (Phi) is 14.2. The van der Waals surface area contributed by atoms with Crippen LogP contribution in [0.4, 0.5) is 0 Å². The van der Waals surface area contributed by atoms with E-state index in [0.717, 1.165) is 11.1 Å². The summed E-state index contributed by atoms with van der Waals surface area (Å²) in [5, 5.41) is 0. The van der Waals surface area contributed by atoms with Crippen LogP contribution in [0.5, 0.6) is 0 Å². The van der Waals surface area contributed by atoms with E-state index in [4.69, 9.17) is 22.9 Å². The molecule has 0 unspecified atom stereocenters. The molecule has 2 rings (SSSR count). The second kappa shape index (κ2) is 10.4. The lowest BCUT2D eigenvalue weighted by Gasteiger charge is -2.38. The molecular weight excluding hydrogens is 358 g/mol. The Hall–Kier alpha value is -0.340. The van der Waals surface area contributed by atoms with Crippen LogP contribution in [0.3, 0.4) is 0 Å². The van der Waals surface area contributed by atoms with Gasteiger partial charge in [-0.25, -0.2) is 0 Å². The van der Waals surface area contributed by atoms with Crippen LogP contribution in [0.1, 0.15) is 5.56 Å². The number of halogens is 4. The molecule has 0 amide bonds. The summed E-state index contributed by atoms with van der Waals surface area (Å²) in [5.74, 6) is 0. The van der Waals surface area contributed by atoms with Crippen LogP contribution in [-0.4, -0.2) is 16.8 Å². The van der Waals surface area contributed by atoms with E-state index in [9.17, 15) is 0 Å². The van der Waals surface area contributed by atoms with Crippen LogP contribution in [0.15, 0.2) is 48.6 Å². The maximum Gasteiger partial charge on any atom is 0.120 e. The Morgan fingerprint density at radius 2 is 1.19 bits per heavy atom. The van der Waals surface area contributed by atoms with E-state index < -0.39 is 11.3 Å². The minimum absolute atomic E-state index is 0. The van der Waals surface area contributed by atoms with Crippen molar-refractivity contribution in [1.29, 1.82) is 0 Å². The van der Waals surface area contributed by atoms with E-state index in [0.29, 0.717) is 0 Å². The van der Waals surface area contributed by atoms with Crippen LogP contribution < -0.4 is 22.9 Å². The molecule has 124 valence electrons. The van der Waals surface area contributed by atoms with Crippen molar-refractivity contribution in [2.24, 2.45) is 22.9 Å². The number of allylic oxidation sites excluding steroid dienone is 2. The summed E-state index contributed by atoms with van der Waals surface area (Å²) in [4.78, 5) is 0. The first-order valence-electron chi connectivity index (χ1n) is 5.05. The standard InChI is InChI=1S/C12H16N4.4ClH.H2O/c13-11(14)7-6-10(8-12(11,15)16)9-4-2-1-3-5-9;;;;;/h1-8H,13-16H2;4*1H;1H2. The van der Waals surface area contributed by atoms with Gasteiger partial charge in [-0.15, -0.1) is 49.6 Å². The van der Waals surface area contributed by atoms with E-state index in [1.807, 2.05) is 36.4 Å². The van der Waals surface area contributed by atoms with Gasteiger partial charge < -0.3 is 28.4 Å². The van der Waals surface area contributed by atoms with Crippen LogP contribution in [0.25, 0.3) is 5.57 Å². The average molecular weight is 380 g/mol. The van der Waals surface area contributed by atoms with Gasteiger partial charge in [-0.2, -0.15) is 0 Å². The highest BCUT2D eigenvalue weighted by molar-refractivity contribution is 5.86. The van der Waals surface area contributed by atoms with Gasteiger partial charge >= 0.3 is 0 Å². The van der Waals surface area contributed by atoms with E-state index in [2.05, 4.69) is 0 Å². The summed E-state index contributed by atoms with van der Waals surface area (Å²) in [5.41, 5.74) is 22.9. The second-order valence-electron chi connectivity index (χ2n) is 4.17. The van der Waals surface area contributed by atoms with Crippen molar-refractivity contribution in [3.05, 3.63) is 54.1 Å². The van der Waals surface area contributed by atoms with Gasteiger partial charge in [-0.3, -0.25) is 0 Å². The van der Waals surface area contributed by atoms with Crippen molar-refractivity contribution in [1.82, 2.24) is 0 Å². The zero-order chi connectivity index (χ0) is 11.8. The Morgan fingerprint density at radius 1 is 0.714 bits per heavy atom. The Morgan fingerprint density at radius 3 is 1.62 bits per heavy atom. The lowest BCUT2D eigenvalue weighted by Crippen LogP contribution is -2.74. The predicted molar refractivity (Wildman–Crippen MR) is 98.4 cm³/mol. The summed E-state index contributed by atoms with van der Waals surface area (Å²) in [6, 6.07) is 9.81. The molecular formula is C12H22Cl4N4O. The molecule has 0 atom stereocenters. The molecule has 0 saturated heterocycles. The molecule has 0 aliphatic heterocycles. The number of rotatable bonds is 1. The minimum atomic E-state index is -1.24. The molecule has 0 radical (unpaired) electrons. The topological polar surface area (TPSA) is 136 Å². The maximum absolute atomic E-state index is 5.88.